The minimum Gasteiger partial charge on any atom is -0.344 e. The van der Waals surface area contributed by atoms with Gasteiger partial charge in [0, 0.05) is 82.1 Å². The maximum atomic E-state index is 2.70. The van der Waals surface area contributed by atoms with E-state index in [9.17, 15) is 0 Å². The van der Waals surface area contributed by atoms with E-state index in [1.54, 1.807) is 0 Å². The number of fused-ring (bicyclic) bond motifs is 2. The van der Waals surface area contributed by atoms with Crippen molar-refractivity contribution in [2.24, 2.45) is 11.8 Å². The number of hydrogen-bond acceptors (Lipinski definition) is 2. The molecular weight excluding hydrogens is 751 g/mol. The summed E-state index contributed by atoms with van der Waals surface area (Å²) in [6.45, 7) is 25.8. The average Bonchev–Trinajstić information content (AvgIpc) is 3.81. The van der Waals surface area contributed by atoms with Crippen LogP contribution in [0.5, 0.6) is 0 Å². The van der Waals surface area contributed by atoms with Crippen LogP contribution in [0.15, 0.2) is 144 Å². The Labute approximate surface area is 376 Å². The fourth-order valence-corrected chi connectivity index (χ4v) is 11.0. The van der Waals surface area contributed by atoms with Crippen LogP contribution in [0.1, 0.15) is 142 Å². The van der Waals surface area contributed by atoms with Crippen LogP contribution < -0.4 is 14.4 Å². The number of hydrogen-bond donors (Lipinski definition) is 0. The van der Waals surface area contributed by atoms with E-state index in [-0.39, 0.29) is 10.8 Å². The minimum atomic E-state index is -0.111. The van der Waals surface area contributed by atoms with E-state index in [2.05, 4.69) is 205 Å². The fraction of sp³-hybridized carbons (Fsp3) is 0.441. The van der Waals surface area contributed by atoms with Gasteiger partial charge in [0.15, 0.2) is 0 Å². The molecule has 1 fully saturated rings. The fourth-order valence-electron chi connectivity index (χ4n) is 11.0. The van der Waals surface area contributed by atoms with Gasteiger partial charge in [-0.05, 0) is 99.6 Å². The zero-order valence-corrected chi connectivity index (χ0v) is 40.0. The third-order valence-electron chi connectivity index (χ3n) is 14.2. The third-order valence-corrected chi connectivity index (χ3v) is 14.2. The molecular formula is C59H76N3+. The molecule has 0 N–H and O–H groups in total. The van der Waals surface area contributed by atoms with E-state index in [4.69, 9.17) is 0 Å². The number of allylic oxidation sites excluding steroid dienone is 8. The predicted octanol–water partition coefficient (Wildman–Crippen LogP) is 16.0. The SMILES string of the molecule is CCCC(CCC)CN1C(=C/C=C2\CC/C(=C\C=C3N(CC(CCC)CCC)c4ccc(C)cc4C3(C)C)C2=[N+](c2ccccc2)c2ccccc2)C(C)(C)c2cc(C)ccc21. The van der Waals surface area contributed by atoms with Crippen LogP contribution in [-0.4, -0.2) is 18.8 Å². The van der Waals surface area contributed by atoms with E-state index >= 15 is 0 Å². The van der Waals surface area contributed by atoms with Gasteiger partial charge in [-0.25, -0.2) is 0 Å². The molecule has 326 valence electrons. The number of anilines is 2. The number of nitrogens with zero attached hydrogens (tertiary/aromatic N) is 3. The van der Waals surface area contributed by atoms with Crippen molar-refractivity contribution in [1.82, 2.24) is 4.58 Å². The second-order valence-corrected chi connectivity index (χ2v) is 19.7. The summed E-state index contributed by atoms with van der Waals surface area (Å²) >= 11 is 0. The van der Waals surface area contributed by atoms with Gasteiger partial charge in [0.25, 0.3) is 0 Å². The highest BCUT2D eigenvalue weighted by atomic mass is 15.2. The van der Waals surface area contributed by atoms with Crippen molar-refractivity contribution in [3.63, 3.8) is 0 Å². The van der Waals surface area contributed by atoms with Crippen LogP contribution in [0.3, 0.4) is 0 Å². The largest absolute Gasteiger partial charge is 0.344 e. The standard InChI is InChI=1S/C59H76N3/c1-11-21-45(22-12-2)41-60-53-35-29-43(5)39-51(53)58(7,8)55(60)37-33-47-31-32-48(57(47)62(49-25-17-15-18-26-49)50-27-19-16-20-28-50)34-38-56-59(9,10)52-40-44(6)30-36-54(52)61(56)42-46(23-13-3)24-14-4/h15-20,25-30,33-40,45-46H,11-14,21-24,31-32,41-42H2,1-10H3/q+1. The lowest BCUT2D eigenvalue weighted by molar-refractivity contribution is 0.440. The van der Waals surface area contributed by atoms with E-state index in [0.717, 1.165) is 25.9 Å². The summed E-state index contributed by atoms with van der Waals surface area (Å²) in [5.41, 5.74) is 17.4. The Balaban J connectivity index is 1.41. The Kier molecular flexibility index (Phi) is 14.3. The van der Waals surface area contributed by atoms with Crippen LogP contribution in [0.25, 0.3) is 0 Å². The topological polar surface area (TPSA) is 9.49 Å². The highest BCUT2D eigenvalue weighted by Crippen LogP contribution is 2.50. The van der Waals surface area contributed by atoms with Crippen molar-refractivity contribution in [2.45, 2.75) is 144 Å². The number of benzene rings is 4. The molecule has 0 spiro atoms. The molecule has 0 radical (unpaired) electrons. The van der Waals surface area contributed by atoms with Crippen LogP contribution in [-0.2, 0) is 10.8 Å². The number of aryl methyl sites for hydroxylation is 2. The van der Waals surface area contributed by atoms with Crippen molar-refractivity contribution in [2.75, 3.05) is 22.9 Å². The lowest BCUT2D eigenvalue weighted by Gasteiger charge is -2.30. The Morgan fingerprint density at radius 3 is 1.24 bits per heavy atom. The Morgan fingerprint density at radius 1 is 0.516 bits per heavy atom. The highest BCUT2D eigenvalue weighted by Gasteiger charge is 2.42. The molecule has 0 atom stereocenters. The van der Waals surface area contributed by atoms with E-state index in [1.165, 1.54) is 125 Å². The molecule has 0 amide bonds. The van der Waals surface area contributed by atoms with Gasteiger partial charge in [0.1, 0.15) is 0 Å². The van der Waals surface area contributed by atoms with Gasteiger partial charge in [-0.3, -0.25) is 0 Å². The smallest absolute Gasteiger partial charge is 0.218 e. The van der Waals surface area contributed by atoms with Crippen LogP contribution in [0.2, 0.25) is 0 Å². The van der Waals surface area contributed by atoms with Crippen LogP contribution in [0.4, 0.5) is 22.7 Å². The van der Waals surface area contributed by atoms with Crippen molar-refractivity contribution in [3.05, 3.63) is 166 Å². The molecule has 2 aliphatic heterocycles. The van der Waals surface area contributed by atoms with Crippen molar-refractivity contribution in [1.29, 1.82) is 0 Å². The molecule has 4 aromatic rings. The van der Waals surface area contributed by atoms with Gasteiger partial charge in [-0.1, -0.05) is 165 Å². The minimum absolute atomic E-state index is 0.111. The molecule has 3 heteroatoms. The van der Waals surface area contributed by atoms with Crippen molar-refractivity contribution >= 4 is 28.5 Å². The van der Waals surface area contributed by atoms with Gasteiger partial charge >= 0.3 is 0 Å². The maximum Gasteiger partial charge on any atom is 0.218 e. The molecule has 7 rings (SSSR count). The van der Waals surface area contributed by atoms with Crippen molar-refractivity contribution in [3.8, 4) is 0 Å². The average molecular weight is 827 g/mol. The molecule has 0 saturated heterocycles. The van der Waals surface area contributed by atoms with E-state index < -0.39 is 0 Å². The Hall–Kier alpha value is -4.89. The lowest BCUT2D eigenvalue weighted by atomic mass is 9.83. The van der Waals surface area contributed by atoms with E-state index in [1.807, 2.05) is 0 Å². The molecule has 0 bridgehead atoms. The zero-order chi connectivity index (χ0) is 44.0. The Morgan fingerprint density at radius 2 is 0.887 bits per heavy atom. The molecule has 0 unspecified atom stereocenters. The van der Waals surface area contributed by atoms with Gasteiger partial charge in [0.2, 0.25) is 17.1 Å². The summed E-state index contributed by atoms with van der Waals surface area (Å²) in [4.78, 5) is 5.40. The van der Waals surface area contributed by atoms with Crippen LogP contribution in [0, 0.1) is 25.7 Å². The molecule has 1 saturated carbocycles. The molecule has 62 heavy (non-hydrogen) atoms. The number of para-hydroxylation sites is 2. The lowest BCUT2D eigenvalue weighted by Crippen LogP contribution is -2.31. The first-order valence-corrected chi connectivity index (χ1v) is 24.3. The van der Waals surface area contributed by atoms with E-state index in [0.29, 0.717) is 11.8 Å². The normalized spacial score (nSPS) is 19.3. The summed E-state index contributed by atoms with van der Waals surface area (Å²) in [7, 11) is 0. The first kappa shape index (κ1) is 45.1. The summed E-state index contributed by atoms with van der Waals surface area (Å²) in [6, 6.07) is 36.4. The molecule has 1 aliphatic carbocycles. The Bertz CT molecular complexity index is 2160. The second-order valence-electron chi connectivity index (χ2n) is 19.7. The molecule has 0 aromatic heterocycles. The zero-order valence-electron chi connectivity index (χ0n) is 40.0. The van der Waals surface area contributed by atoms with Gasteiger partial charge in [-0.15, -0.1) is 0 Å². The molecule has 4 aromatic carbocycles. The predicted molar refractivity (Wildman–Crippen MR) is 271 cm³/mol. The first-order chi connectivity index (χ1) is 29.9. The third kappa shape index (κ3) is 9.25. The molecule has 3 nitrogen and oxygen atoms in total. The summed E-state index contributed by atoms with van der Waals surface area (Å²) < 4.78 is 2.53. The highest BCUT2D eigenvalue weighted by molar-refractivity contribution is 6.17. The molecule has 3 aliphatic rings. The number of rotatable bonds is 16. The first-order valence-electron chi connectivity index (χ1n) is 24.3. The second kappa shape index (κ2) is 19.7. The summed E-state index contributed by atoms with van der Waals surface area (Å²) in [5.74, 6) is 1.33. The molecule has 2 heterocycles. The van der Waals surface area contributed by atoms with Crippen LogP contribution >= 0.6 is 0 Å². The summed E-state index contributed by atoms with van der Waals surface area (Å²) in [5, 5.41) is 0. The van der Waals surface area contributed by atoms with Crippen molar-refractivity contribution < 1.29 is 0 Å². The van der Waals surface area contributed by atoms with Gasteiger partial charge in [-0.2, -0.15) is 4.58 Å². The van der Waals surface area contributed by atoms with Gasteiger partial charge in [0.05, 0.1) is 0 Å². The maximum absolute atomic E-state index is 2.70. The monoisotopic (exact) mass is 827 g/mol. The summed E-state index contributed by atoms with van der Waals surface area (Å²) in [6.07, 6.45) is 22.0. The van der Waals surface area contributed by atoms with Gasteiger partial charge < -0.3 is 9.80 Å². The quantitative estimate of drug-likeness (QED) is 0.104.